The van der Waals surface area contributed by atoms with Gasteiger partial charge in [0.1, 0.15) is 5.75 Å². The van der Waals surface area contributed by atoms with Crippen LogP contribution in [0.2, 0.25) is 5.02 Å². The van der Waals surface area contributed by atoms with Crippen LogP contribution in [0.5, 0.6) is 5.75 Å². The van der Waals surface area contributed by atoms with Gasteiger partial charge in [0.05, 0.1) is 29.4 Å². The molecule has 1 aromatic carbocycles. The van der Waals surface area contributed by atoms with E-state index in [0.717, 1.165) is 0 Å². The third-order valence-electron chi connectivity index (χ3n) is 2.74. The lowest BCUT2D eigenvalue weighted by molar-refractivity contribution is 0.0522. The predicted octanol–water partition coefficient (Wildman–Crippen LogP) is 3.20. The number of hydrogen-bond donors (Lipinski definition) is 0. The Bertz CT molecular complexity index is 542. The van der Waals surface area contributed by atoms with Crippen LogP contribution >= 0.6 is 23.4 Å². The van der Waals surface area contributed by atoms with Crippen LogP contribution in [-0.2, 0) is 4.74 Å². The molecule has 0 radical (unpaired) electrons. The number of ether oxygens (including phenoxy) is 2. The Kier molecular flexibility index (Phi) is 4.37. The molecule has 19 heavy (non-hydrogen) atoms. The monoisotopic (exact) mass is 300 g/mol. The van der Waals surface area contributed by atoms with E-state index < -0.39 is 5.97 Å². The van der Waals surface area contributed by atoms with E-state index in [4.69, 9.17) is 21.1 Å². The zero-order valence-corrected chi connectivity index (χ0v) is 12.2. The minimum absolute atomic E-state index is 0.0568. The highest BCUT2D eigenvalue weighted by Crippen LogP contribution is 2.41. The number of Topliss-reactive ketones (excluding diaryl/α,β-unsaturated/α-hetero) is 1. The molecule has 0 amide bonds. The maximum Gasteiger partial charge on any atom is 0.339 e. The summed E-state index contributed by atoms with van der Waals surface area (Å²) in [5, 5.41) is 0.268. The number of esters is 1. The van der Waals surface area contributed by atoms with Gasteiger partial charge >= 0.3 is 5.97 Å². The molecule has 0 saturated carbocycles. The first-order chi connectivity index (χ1) is 9.10. The molecule has 6 heteroatoms. The smallest absolute Gasteiger partial charge is 0.339 e. The quantitative estimate of drug-likeness (QED) is 0.634. The summed E-state index contributed by atoms with van der Waals surface area (Å²) in [6.45, 7) is 2.31. The molecule has 4 nitrogen and oxygen atoms in total. The van der Waals surface area contributed by atoms with E-state index in [9.17, 15) is 9.59 Å². The van der Waals surface area contributed by atoms with Crippen LogP contribution in [0, 0.1) is 0 Å². The van der Waals surface area contributed by atoms with Crippen molar-refractivity contribution in [2.75, 3.05) is 19.5 Å². The van der Waals surface area contributed by atoms with E-state index >= 15 is 0 Å². The van der Waals surface area contributed by atoms with Gasteiger partial charge < -0.3 is 9.47 Å². The number of benzene rings is 1. The Labute approximate surface area is 120 Å². The van der Waals surface area contributed by atoms with Crippen molar-refractivity contribution in [1.29, 1.82) is 0 Å². The highest BCUT2D eigenvalue weighted by Gasteiger charge is 2.29. The number of hydrogen-bond acceptors (Lipinski definition) is 5. The molecule has 102 valence electrons. The summed E-state index contributed by atoms with van der Waals surface area (Å²) in [4.78, 5) is 24.5. The highest BCUT2D eigenvalue weighted by molar-refractivity contribution is 7.98. The Morgan fingerprint density at radius 1 is 1.58 bits per heavy atom. The lowest BCUT2D eigenvalue weighted by atomic mass is 10.0. The molecule has 0 atom stereocenters. The Morgan fingerprint density at radius 2 is 2.32 bits per heavy atom. The number of rotatable bonds is 3. The summed E-state index contributed by atoms with van der Waals surface area (Å²) in [6, 6.07) is 1.50. The second kappa shape index (κ2) is 5.84. The summed E-state index contributed by atoms with van der Waals surface area (Å²) in [5.74, 6) is -0.163. The van der Waals surface area contributed by atoms with E-state index in [2.05, 4.69) is 0 Å². The molecule has 1 heterocycles. The van der Waals surface area contributed by atoms with Gasteiger partial charge in [0.15, 0.2) is 5.78 Å². The van der Waals surface area contributed by atoms with Crippen molar-refractivity contribution in [3.05, 3.63) is 22.2 Å². The van der Waals surface area contributed by atoms with Gasteiger partial charge in [-0.3, -0.25) is 4.79 Å². The third-order valence-corrected chi connectivity index (χ3v) is 3.85. The van der Waals surface area contributed by atoms with Gasteiger partial charge in [-0.15, -0.1) is 11.8 Å². The minimum atomic E-state index is -0.477. The van der Waals surface area contributed by atoms with Crippen LogP contribution in [0.1, 0.15) is 34.1 Å². The highest BCUT2D eigenvalue weighted by atomic mass is 35.5. The number of carbonyl (C=O) groups excluding carboxylic acids is 2. The van der Waals surface area contributed by atoms with Crippen LogP contribution in [0.15, 0.2) is 11.0 Å². The van der Waals surface area contributed by atoms with Crippen LogP contribution in [-0.4, -0.2) is 31.2 Å². The molecule has 1 aliphatic heterocycles. The topological polar surface area (TPSA) is 52.6 Å². The lowest BCUT2D eigenvalue weighted by Crippen LogP contribution is -2.19. The van der Waals surface area contributed by atoms with Gasteiger partial charge in [-0.05, 0) is 19.2 Å². The fourth-order valence-corrected chi connectivity index (χ4v) is 2.98. The standard InChI is InChI=1S/C13H13ClO4S/c1-3-17-13(16)7-6-8(14)11-10(12(7)19-2)9(15)4-5-18-11/h6H,3-5H2,1-2H3. The Hall–Kier alpha value is -1.20. The molecule has 0 aromatic heterocycles. The van der Waals surface area contributed by atoms with Crippen molar-refractivity contribution >= 4 is 35.1 Å². The first-order valence-electron chi connectivity index (χ1n) is 5.83. The van der Waals surface area contributed by atoms with Crippen LogP contribution < -0.4 is 4.74 Å². The van der Waals surface area contributed by atoms with Crippen molar-refractivity contribution in [3.63, 3.8) is 0 Å². The first-order valence-corrected chi connectivity index (χ1v) is 7.44. The number of halogens is 1. The van der Waals surface area contributed by atoms with Crippen molar-refractivity contribution in [3.8, 4) is 5.75 Å². The van der Waals surface area contributed by atoms with Gasteiger partial charge in [0.25, 0.3) is 0 Å². The van der Waals surface area contributed by atoms with Crippen molar-refractivity contribution in [2.24, 2.45) is 0 Å². The maximum atomic E-state index is 12.0. The van der Waals surface area contributed by atoms with E-state index in [0.29, 0.717) is 34.8 Å². The molecule has 1 aliphatic rings. The second-order valence-electron chi connectivity index (χ2n) is 3.89. The molecule has 0 bridgehead atoms. The molecular weight excluding hydrogens is 288 g/mol. The minimum Gasteiger partial charge on any atom is -0.491 e. The number of ketones is 1. The van der Waals surface area contributed by atoms with Crippen LogP contribution in [0.3, 0.4) is 0 Å². The molecule has 0 saturated heterocycles. The number of fused-ring (bicyclic) bond motifs is 1. The zero-order chi connectivity index (χ0) is 14.0. The first kappa shape index (κ1) is 14.2. The summed E-state index contributed by atoms with van der Waals surface area (Å²) in [7, 11) is 0. The third kappa shape index (κ3) is 2.58. The molecular formula is C13H13ClO4S. The second-order valence-corrected chi connectivity index (χ2v) is 5.11. The van der Waals surface area contributed by atoms with E-state index in [1.54, 1.807) is 13.2 Å². The summed E-state index contributed by atoms with van der Waals surface area (Å²) in [6.07, 6.45) is 2.09. The van der Waals surface area contributed by atoms with Gasteiger partial charge in [-0.2, -0.15) is 0 Å². The fourth-order valence-electron chi connectivity index (χ4n) is 1.95. The predicted molar refractivity (Wildman–Crippen MR) is 73.6 cm³/mol. The average molecular weight is 301 g/mol. The van der Waals surface area contributed by atoms with Crippen molar-refractivity contribution < 1.29 is 19.1 Å². The summed E-state index contributed by atoms with van der Waals surface area (Å²) >= 11 is 7.41. The normalized spacial score (nSPS) is 13.7. The summed E-state index contributed by atoms with van der Waals surface area (Å²) in [5.41, 5.74) is 0.714. The lowest BCUT2D eigenvalue weighted by Gasteiger charge is -2.21. The van der Waals surface area contributed by atoms with Gasteiger partial charge in [0, 0.05) is 11.3 Å². The largest absolute Gasteiger partial charge is 0.491 e. The Balaban J connectivity index is 2.63. The Morgan fingerprint density at radius 3 is 2.95 bits per heavy atom. The maximum absolute atomic E-state index is 12.0. The number of thioether (sulfide) groups is 1. The molecule has 0 fully saturated rings. The number of carbonyl (C=O) groups is 2. The van der Waals surface area contributed by atoms with Crippen molar-refractivity contribution in [1.82, 2.24) is 0 Å². The SMILES string of the molecule is CCOC(=O)c1cc(Cl)c2c(c1SC)C(=O)CCO2. The molecule has 1 aromatic rings. The fraction of sp³-hybridized carbons (Fsp3) is 0.385. The van der Waals surface area contributed by atoms with E-state index in [1.165, 1.54) is 17.8 Å². The van der Waals surface area contributed by atoms with Crippen molar-refractivity contribution in [2.45, 2.75) is 18.2 Å². The van der Waals surface area contributed by atoms with E-state index in [-0.39, 0.29) is 17.4 Å². The van der Waals surface area contributed by atoms with Gasteiger partial charge in [0.2, 0.25) is 0 Å². The average Bonchev–Trinajstić information content (AvgIpc) is 2.39. The molecule has 0 N–H and O–H groups in total. The molecule has 0 aliphatic carbocycles. The van der Waals surface area contributed by atoms with Gasteiger partial charge in [-0.1, -0.05) is 11.6 Å². The van der Waals surface area contributed by atoms with Gasteiger partial charge in [-0.25, -0.2) is 4.79 Å². The molecule has 2 rings (SSSR count). The molecule has 0 spiro atoms. The molecule has 0 unspecified atom stereocenters. The van der Waals surface area contributed by atoms with Crippen LogP contribution in [0.4, 0.5) is 0 Å². The van der Waals surface area contributed by atoms with Crippen LogP contribution in [0.25, 0.3) is 0 Å². The van der Waals surface area contributed by atoms with E-state index in [1.807, 2.05) is 0 Å². The zero-order valence-electron chi connectivity index (χ0n) is 10.6. The summed E-state index contributed by atoms with van der Waals surface area (Å²) < 4.78 is 10.4.